The largest absolute Gasteiger partial charge is 0.451 e. The van der Waals surface area contributed by atoms with Crippen molar-refractivity contribution in [1.29, 1.82) is 0 Å². The first-order valence-electron chi connectivity index (χ1n) is 5.90. The minimum absolute atomic E-state index is 0.245. The van der Waals surface area contributed by atoms with Crippen LogP contribution in [0.2, 0.25) is 0 Å². The van der Waals surface area contributed by atoms with Crippen molar-refractivity contribution in [2.45, 2.75) is 32.6 Å². The molecular weight excluding hydrogens is 204 g/mol. The third kappa shape index (κ3) is 2.84. The Morgan fingerprint density at radius 1 is 1.69 bits per heavy atom. The monoisotopic (exact) mass is 222 g/mol. The van der Waals surface area contributed by atoms with Gasteiger partial charge in [0.05, 0.1) is 5.69 Å². The fourth-order valence-electron chi connectivity index (χ4n) is 2.17. The molecule has 1 saturated heterocycles. The molecule has 0 spiro atoms. The zero-order valence-corrected chi connectivity index (χ0v) is 9.69. The number of piperidine rings is 1. The predicted octanol–water partition coefficient (Wildman–Crippen LogP) is 1.87. The van der Waals surface area contributed by atoms with Crippen LogP contribution in [0.3, 0.4) is 0 Å². The number of oxazole rings is 1. The number of hydrogen-bond donors (Lipinski definition) is 0. The quantitative estimate of drug-likeness (QED) is 0.784. The van der Waals surface area contributed by atoms with Crippen molar-refractivity contribution in [1.82, 2.24) is 9.88 Å². The Balaban J connectivity index is 1.79. The van der Waals surface area contributed by atoms with Crippen LogP contribution in [0.4, 0.5) is 0 Å². The average Bonchev–Trinajstić information content (AvgIpc) is 2.78. The summed E-state index contributed by atoms with van der Waals surface area (Å²) in [6.45, 7) is 4.04. The summed E-state index contributed by atoms with van der Waals surface area (Å²) in [4.78, 5) is 17.9. The highest BCUT2D eigenvalue weighted by molar-refractivity contribution is 5.76. The van der Waals surface area contributed by atoms with Crippen molar-refractivity contribution < 1.29 is 9.21 Å². The molecule has 2 rings (SSSR count). The van der Waals surface area contributed by atoms with Crippen molar-refractivity contribution in [3.8, 4) is 0 Å². The Bertz CT molecular complexity index is 335. The fourth-order valence-corrected chi connectivity index (χ4v) is 2.17. The molecule has 1 amide bonds. The van der Waals surface area contributed by atoms with E-state index in [4.69, 9.17) is 4.42 Å². The van der Waals surface area contributed by atoms with Crippen LogP contribution in [0.25, 0.3) is 0 Å². The maximum Gasteiger partial charge on any atom is 0.222 e. The number of amides is 1. The van der Waals surface area contributed by atoms with E-state index >= 15 is 0 Å². The highest BCUT2D eigenvalue weighted by Gasteiger charge is 2.20. The summed E-state index contributed by atoms with van der Waals surface area (Å²) in [5, 5.41) is 0. The van der Waals surface area contributed by atoms with Crippen molar-refractivity contribution in [2.24, 2.45) is 5.92 Å². The number of rotatable bonds is 3. The number of likely N-dealkylation sites (tertiary alicyclic amines) is 1. The Kier molecular flexibility index (Phi) is 3.59. The summed E-state index contributed by atoms with van der Waals surface area (Å²) in [5.41, 5.74) is 0.860. The van der Waals surface area contributed by atoms with Gasteiger partial charge in [0.2, 0.25) is 5.91 Å². The Hall–Kier alpha value is -1.32. The van der Waals surface area contributed by atoms with E-state index in [1.54, 1.807) is 6.26 Å². The number of carbonyl (C=O) groups excluding carboxylic acids is 1. The number of aromatic nitrogens is 1. The van der Waals surface area contributed by atoms with E-state index in [1.807, 2.05) is 4.90 Å². The molecular formula is C12H18N2O2. The lowest BCUT2D eigenvalue weighted by molar-refractivity contribution is -0.132. The molecule has 2 heterocycles. The van der Waals surface area contributed by atoms with Crippen molar-refractivity contribution in [3.63, 3.8) is 0 Å². The third-order valence-corrected chi connectivity index (χ3v) is 3.09. The van der Waals surface area contributed by atoms with E-state index < -0.39 is 0 Å². The normalized spacial score (nSPS) is 21.1. The Morgan fingerprint density at radius 3 is 3.25 bits per heavy atom. The number of nitrogens with zero attached hydrogens (tertiary/aromatic N) is 2. The van der Waals surface area contributed by atoms with Crippen molar-refractivity contribution in [2.75, 3.05) is 13.1 Å². The maximum atomic E-state index is 11.9. The van der Waals surface area contributed by atoms with Crippen molar-refractivity contribution in [3.05, 3.63) is 18.4 Å². The maximum absolute atomic E-state index is 11.9. The van der Waals surface area contributed by atoms with E-state index in [9.17, 15) is 4.79 Å². The molecule has 1 fully saturated rings. The van der Waals surface area contributed by atoms with Gasteiger partial charge in [0.25, 0.3) is 0 Å². The lowest BCUT2D eigenvalue weighted by Crippen LogP contribution is -2.39. The van der Waals surface area contributed by atoms with Gasteiger partial charge in [0.1, 0.15) is 6.26 Å². The summed E-state index contributed by atoms with van der Waals surface area (Å²) in [5.74, 6) is 0.888. The molecule has 0 saturated carbocycles. The molecule has 0 bridgehead atoms. The first-order chi connectivity index (χ1) is 7.75. The summed E-state index contributed by atoms with van der Waals surface area (Å²) in [7, 11) is 0. The van der Waals surface area contributed by atoms with Crippen LogP contribution >= 0.6 is 0 Å². The van der Waals surface area contributed by atoms with Gasteiger partial charge in [0.15, 0.2) is 6.39 Å². The number of hydrogen-bond acceptors (Lipinski definition) is 3. The summed E-state index contributed by atoms with van der Waals surface area (Å²) < 4.78 is 4.87. The Morgan fingerprint density at radius 2 is 2.56 bits per heavy atom. The molecule has 1 aromatic rings. The van der Waals surface area contributed by atoms with Gasteiger partial charge in [-0.25, -0.2) is 4.98 Å². The second-order valence-electron chi connectivity index (χ2n) is 4.57. The molecule has 1 atom stereocenters. The molecule has 0 aromatic carbocycles. The number of aryl methyl sites for hydroxylation is 1. The van der Waals surface area contributed by atoms with Gasteiger partial charge in [0, 0.05) is 25.9 Å². The van der Waals surface area contributed by atoms with Crippen LogP contribution in [0, 0.1) is 5.92 Å². The second-order valence-corrected chi connectivity index (χ2v) is 4.57. The molecule has 1 aromatic heterocycles. The van der Waals surface area contributed by atoms with Crippen LogP contribution in [0.5, 0.6) is 0 Å². The molecule has 1 unspecified atom stereocenters. The zero-order valence-electron chi connectivity index (χ0n) is 9.69. The molecule has 16 heavy (non-hydrogen) atoms. The highest BCUT2D eigenvalue weighted by Crippen LogP contribution is 2.16. The zero-order chi connectivity index (χ0) is 11.4. The molecule has 1 aliphatic heterocycles. The fraction of sp³-hybridized carbons (Fsp3) is 0.667. The van der Waals surface area contributed by atoms with E-state index in [0.29, 0.717) is 18.8 Å². The van der Waals surface area contributed by atoms with Crippen LogP contribution < -0.4 is 0 Å². The molecule has 4 nitrogen and oxygen atoms in total. The van der Waals surface area contributed by atoms with Crippen molar-refractivity contribution >= 4 is 5.91 Å². The third-order valence-electron chi connectivity index (χ3n) is 3.09. The minimum Gasteiger partial charge on any atom is -0.451 e. The van der Waals surface area contributed by atoms with Gasteiger partial charge in [-0.3, -0.25) is 4.79 Å². The number of carbonyl (C=O) groups is 1. The smallest absolute Gasteiger partial charge is 0.222 e. The lowest BCUT2D eigenvalue weighted by Gasteiger charge is -2.30. The van der Waals surface area contributed by atoms with Crippen LogP contribution in [-0.4, -0.2) is 28.9 Å². The Labute approximate surface area is 95.6 Å². The predicted molar refractivity (Wildman–Crippen MR) is 59.8 cm³/mol. The molecule has 0 aliphatic carbocycles. The van der Waals surface area contributed by atoms with Gasteiger partial charge < -0.3 is 9.32 Å². The summed E-state index contributed by atoms with van der Waals surface area (Å²) >= 11 is 0. The lowest BCUT2D eigenvalue weighted by atomic mass is 10.00. The van der Waals surface area contributed by atoms with Gasteiger partial charge >= 0.3 is 0 Å². The van der Waals surface area contributed by atoms with Crippen LogP contribution in [0.1, 0.15) is 31.9 Å². The minimum atomic E-state index is 0.245. The average molecular weight is 222 g/mol. The highest BCUT2D eigenvalue weighted by atomic mass is 16.3. The van der Waals surface area contributed by atoms with E-state index in [0.717, 1.165) is 25.2 Å². The van der Waals surface area contributed by atoms with Crippen LogP contribution in [-0.2, 0) is 11.2 Å². The summed E-state index contributed by atoms with van der Waals surface area (Å²) in [6, 6.07) is 0. The first kappa shape index (κ1) is 11.2. The van der Waals surface area contributed by atoms with Gasteiger partial charge in [-0.05, 0) is 18.8 Å². The molecule has 0 radical (unpaired) electrons. The van der Waals surface area contributed by atoms with E-state index in [-0.39, 0.29) is 5.91 Å². The topological polar surface area (TPSA) is 46.3 Å². The second kappa shape index (κ2) is 5.14. The van der Waals surface area contributed by atoms with Crippen LogP contribution in [0.15, 0.2) is 17.1 Å². The van der Waals surface area contributed by atoms with Gasteiger partial charge in [-0.15, -0.1) is 0 Å². The summed E-state index contributed by atoms with van der Waals surface area (Å²) in [6.07, 6.45) is 6.61. The molecule has 4 heteroatoms. The van der Waals surface area contributed by atoms with E-state index in [1.165, 1.54) is 12.8 Å². The molecule has 1 aliphatic rings. The first-order valence-corrected chi connectivity index (χ1v) is 5.90. The van der Waals surface area contributed by atoms with Gasteiger partial charge in [-0.2, -0.15) is 0 Å². The van der Waals surface area contributed by atoms with Gasteiger partial charge in [-0.1, -0.05) is 6.92 Å². The van der Waals surface area contributed by atoms with E-state index in [2.05, 4.69) is 11.9 Å². The molecule has 0 N–H and O–H groups in total. The SMILES string of the molecule is CC1CCCN(C(=O)CCc2cocn2)C1. The standard InChI is InChI=1S/C12H18N2O2/c1-10-3-2-6-14(7-10)12(15)5-4-11-8-16-9-13-11/h8-10H,2-7H2,1H3. The molecule has 88 valence electrons.